The van der Waals surface area contributed by atoms with Crippen molar-refractivity contribution >= 4 is 12.1 Å². The number of ether oxygens (including phenoxy) is 2. The van der Waals surface area contributed by atoms with Crippen LogP contribution in [0.1, 0.15) is 53.7 Å². The van der Waals surface area contributed by atoms with Gasteiger partial charge in [0.25, 0.3) is 0 Å². The van der Waals surface area contributed by atoms with Crippen LogP contribution in [0.4, 0.5) is 4.79 Å². The molecule has 7 nitrogen and oxygen atoms in total. The monoisotopic (exact) mass is 360 g/mol. The lowest BCUT2D eigenvalue weighted by molar-refractivity contribution is 0.0468. The zero-order valence-corrected chi connectivity index (χ0v) is 15.7. The maximum absolute atomic E-state index is 12.1. The molecule has 0 aliphatic heterocycles. The van der Waals surface area contributed by atoms with Crippen LogP contribution in [0.3, 0.4) is 0 Å². The molecule has 0 unspecified atom stereocenters. The second kappa shape index (κ2) is 8.03. The third kappa shape index (κ3) is 5.61. The second-order valence-corrected chi connectivity index (χ2v) is 6.93. The van der Waals surface area contributed by atoms with Crippen molar-refractivity contribution in [2.75, 3.05) is 0 Å². The van der Waals surface area contributed by atoms with E-state index >= 15 is 0 Å². The van der Waals surface area contributed by atoms with Gasteiger partial charge in [0.1, 0.15) is 18.0 Å². The zero-order chi connectivity index (χ0) is 19.3. The smallest absolute Gasteiger partial charge is 0.407 e. The van der Waals surface area contributed by atoms with E-state index in [1.54, 1.807) is 58.9 Å². The van der Waals surface area contributed by atoms with Crippen LogP contribution < -0.4 is 5.32 Å². The summed E-state index contributed by atoms with van der Waals surface area (Å²) in [5, 5.41) is 6.49. The maximum Gasteiger partial charge on any atom is 0.407 e. The van der Waals surface area contributed by atoms with E-state index in [2.05, 4.69) is 10.5 Å². The topological polar surface area (TPSA) is 90.7 Å². The summed E-state index contributed by atoms with van der Waals surface area (Å²) in [6.07, 6.45) is -0.486. The lowest BCUT2D eigenvalue weighted by Crippen LogP contribution is -2.32. The molecule has 26 heavy (non-hydrogen) atoms. The first-order chi connectivity index (χ1) is 12.2. The van der Waals surface area contributed by atoms with E-state index < -0.39 is 17.7 Å². The number of nitrogens with one attached hydrogen (secondary N) is 1. The molecule has 1 N–H and O–H groups in total. The van der Waals surface area contributed by atoms with Gasteiger partial charge >= 0.3 is 12.1 Å². The predicted octanol–water partition coefficient (Wildman–Crippen LogP) is 3.67. The maximum atomic E-state index is 12.1. The summed E-state index contributed by atoms with van der Waals surface area (Å²) in [5.41, 5.74) is 2.21. The fourth-order valence-corrected chi connectivity index (χ4v) is 2.18. The lowest BCUT2D eigenvalue weighted by atomic mass is 10.1. The summed E-state index contributed by atoms with van der Waals surface area (Å²) < 4.78 is 15.5. The van der Waals surface area contributed by atoms with Gasteiger partial charge in [-0.25, -0.2) is 9.59 Å². The Morgan fingerprint density at radius 2 is 1.81 bits per heavy atom. The molecule has 2 rings (SSSR count). The number of aromatic nitrogens is 1. The Morgan fingerprint density at radius 1 is 1.15 bits per heavy atom. The van der Waals surface area contributed by atoms with E-state index in [9.17, 15) is 9.59 Å². The highest BCUT2D eigenvalue weighted by Gasteiger charge is 2.16. The van der Waals surface area contributed by atoms with Crippen molar-refractivity contribution in [3.05, 3.63) is 52.4 Å². The van der Waals surface area contributed by atoms with Gasteiger partial charge in [-0.05, 0) is 52.3 Å². The molecule has 0 atom stereocenters. The Hall–Kier alpha value is -2.83. The van der Waals surface area contributed by atoms with Gasteiger partial charge in [0.15, 0.2) is 0 Å². The number of nitrogens with zero attached hydrogens (tertiary/aromatic N) is 1. The Labute approximate surface area is 152 Å². The summed E-state index contributed by atoms with van der Waals surface area (Å²) in [6, 6.07) is 6.82. The van der Waals surface area contributed by atoms with E-state index in [1.807, 2.05) is 0 Å². The summed E-state index contributed by atoms with van der Waals surface area (Å²) in [5.74, 6) is 0.204. The Balaban J connectivity index is 1.86. The van der Waals surface area contributed by atoms with Crippen molar-refractivity contribution in [1.82, 2.24) is 10.5 Å². The van der Waals surface area contributed by atoms with Crippen LogP contribution in [0, 0.1) is 13.8 Å². The fourth-order valence-electron chi connectivity index (χ4n) is 2.18. The van der Waals surface area contributed by atoms with Crippen molar-refractivity contribution in [3.8, 4) is 0 Å². The first-order valence-corrected chi connectivity index (χ1v) is 8.30. The van der Waals surface area contributed by atoms with Crippen LogP contribution in [0.5, 0.6) is 0 Å². The highest BCUT2D eigenvalue weighted by Crippen LogP contribution is 2.15. The van der Waals surface area contributed by atoms with Crippen molar-refractivity contribution < 1.29 is 23.6 Å². The molecule has 2 aromatic rings. The van der Waals surface area contributed by atoms with Crippen LogP contribution in [0.25, 0.3) is 0 Å². The standard InChI is InChI=1S/C19H24N2O5/c1-12-16(13(2)26-21-12)11-24-17(22)15-8-6-14(7-9-15)10-20-18(23)25-19(3,4)5/h6-9H,10-11H2,1-5H3,(H,20,23). The molecule has 0 saturated heterocycles. The zero-order valence-electron chi connectivity index (χ0n) is 15.7. The average molecular weight is 360 g/mol. The molecule has 7 heteroatoms. The van der Waals surface area contributed by atoms with E-state index in [0.717, 1.165) is 11.1 Å². The molecule has 1 aromatic carbocycles. The van der Waals surface area contributed by atoms with Crippen LogP contribution in [0.2, 0.25) is 0 Å². The normalized spacial score (nSPS) is 11.1. The Bertz CT molecular complexity index is 753. The van der Waals surface area contributed by atoms with Crippen LogP contribution in [-0.2, 0) is 22.6 Å². The van der Waals surface area contributed by atoms with Gasteiger partial charge in [0.2, 0.25) is 0 Å². The molecule has 0 fully saturated rings. The first kappa shape index (κ1) is 19.5. The number of benzene rings is 1. The molecule has 0 bridgehead atoms. The Kier molecular flexibility index (Phi) is 6.02. The molecule has 140 valence electrons. The molecular weight excluding hydrogens is 336 g/mol. The highest BCUT2D eigenvalue weighted by molar-refractivity contribution is 5.89. The number of rotatable bonds is 5. The molecule has 0 radical (unpaired) electrons. The molecule has 1 heterocycles. The average Bonchev–Trinajstić information content (AvgIpc) is 2.88. The number of alkyl carbamates (subject to hydrolysis) is 1. The summed E-state index contributed by atoms with van der Waals surface area (Å²) >= 11 is 0. The number of carbonyl (C=O) groups excluding carboxylic acids is 2. The van der Waals surface area contributed by atoms with Crippen molar-refractivity contribution in [1.29, 1.82) is 0 Å². The molecule has 1 amide bonds. The van der Waals surface area contributed by atoms with E-state index in [-0.39, 0.29) is 6.61 Å². The summed E-state index contributed by atoms with van der Waals surface area (Å²) in [4.78, 5) is 23.8. The van der Waals surface area contributed by atoms with Crippen molar-refractivity contribution in [3.63, 3.8) is 0 Å². The number of aryl methyl sites for hydroxylation is 2. The second-order valence-electron chi connectivity index (χ2n) is 6.93. The SMILES string of the molecule is Cc1noc(C)c1COC(=O)c1ccc(CNC(=O)OC(C)(C)C)cc1. The quantitative estimate of drug-likeness (QED) is 0.818. The lowest BCUT2D eigenvalue weighted by Gasteiger charge is -2.19. The third-order valence-electron chi connectivity index (χ3n) is 3.55. The summed E-state index contributed by atoms with van der Waals surface area (Å²) in [7, 11) is 0. The van der Waals surface area contributed by atoms with E-state index in [4.69, 9.17) is 14.0 Å². The fraction of sp³-hybridized carbons (Fsp3) is 0.421. The van der Waals surface area contributed by atoms with Crippen LogP contribution >= 0.6 is 0 Å². The Morgan fingerprint density at radius 3 is 2.35 bits per heavy atom. The molecular formula is C19H24N2O5. The largest absolute Gasteiger partial charge is 0.457 e. The molecule has 0 saturated carbocycles. The van der Waals surface area contributed by atoms with Gasteiger partial charge < -0.3 is 19.3 Å². The van der Waals surface area contributed by atoms with Crippen LogP contribution in [-0.4, -0.2) is 22.8 Å². The molecule has 1 aromatic heterocycles. The van der Waals surface area contributed by atoms with Crippen LogP contribution in [0.15, 0.2) is 28.8 Å². The number of esters is 1. The third-order valence-corrected chi connectivity index (χ3v) is 3.55. The molecule has 0 aliphatic rings. The van der Waals surface area contributed by atoms with Gasteiger partial charge in [-0.1, -0.05) is 17.3 Å². The van der Waals surface area contributed by atoms with Crippen molar-refractivity contribution in [2.45, 2.75) is 53.4 Å². The van der Waals surface area contributed by atoms with Gasteiger partial charge in [0, 0.05) is 6.54 Å². The van der Waals surface area contributed by atoms with Gasteiger partial charge in [-0.15, -0.1) is 0 Å². The van der Waals surface area contributed by atoms with E-state index in [1.165, 1.54) is 0 Å². The van der Waals surface area contributed by atoms with Gasteiger partial charge in [-0.3, -0.25) is 0 Å². The van der Waals surface area contributed by atoms with Gasteiger partial charge in [-0.2, -0.15) is 0 Å². The number of carbonyl (C=O) groups is 2. The number of amides is 1. The minimum absolute atomic E-state index is 0.113. The molecule has 0 spiro atoms. The predicted molar refractivity (Wildman–Crippen MR) is 94.6 cm³/mol. The number of hydrogen-bond acceptors (Lipinski definition) is 6. The highest BCUT2D eigenvalue weighted by atomic mass is 16.6. The first-order valence-electron chi connectivity index (χ1n) is 8.30. The van der Waals surface area contributed by atoms with E-state index in [0.29, 0.717) is 23.6 Å². The summed E-state index contributed by atoms with van der Waals surface area (Å²) in [6.45, 7) is 9.40. The van der Waals surface area contributed by atoms with Gasteiger partial charge in [0.05, 0.1) is 16.8 Å². The minimum Gasteiger partial charge on any atom is -0.457 e. The minimum atomic E-state index is -0.543. The van der Waals surface area contributed by atoms with Crippen molar-refractivity contribution in [2.24, 2.45) is 0 Å². The number of hydrogen-bond donors (Lipinski definition) is 1. The molecule has 0 aliphatic carbocycles.